The normalized spacial score (nSPS) is 19.4. The molecule has 2 heterocycles. The molecule has 4 rings (SSSR count). The monoisotopic (exact) mass is 399 g/mol. The van der Waals surface area contributed by atoms with Gasteiger partial charge in [-0.25, -0.2) is 4.39 Å². The molecular weight excluding hydrogens is 373 g/mol. The third-order valence-corrected chi connectivity index (χ3v) is 5.40. The number of phenolic OH excluding ortho intramolecular Hbond substituents is 1. The van der Waals surface area contributed by atoms with Crippen LogP contribution in [-0.4, -0.2) is 43.9 Å². The van der Waals surface area contributed by atoms with E-state index >= 15 is 0 Å². The molecule has 1 unspecified atom stereocenters. The van der Waals surface area contributed by atoms with E-state index in [0.29, 0.717) is 36.0 Å². The number of ether oxygens (including phenoxy) is 2. The van der Waals surface area contributed by atoms with Gasteiger partial charge in [0.15, 0.2) is 11.6 Å². The van der Waals surface area contributed by atoms with Crippen molar-refractivity contribution in [1.82, 2.24) is 5.32 Å². The largest absolute Gasteiger partial charge is 0.505 e. The van der Waals surface area contributed by atoms with Gasteiger partial charge in [-0.05, 0) is 54.7 Å². The van der Waals surface area contributed by atoms with Crippen LogP contribution in [0.3, 0.4) is 0 Å². The predicted octanol–water partition coefficient (Wildman–Crippen LogP) is 3.73. The minimum atomic E-state index is -0.674. The summed E-state index contributed by atoms with van der Waals surface area (Å²) < 4.78 is 25.8. The first-order valence-electron chi connectivity index (χ1n) is 10.0. The lowest BCUT2D eigenvalue weighted by Gasteiger charge is -2.28. The van der Waals surface area contributed by atoms with Crippen LogP contribution in [0.2, 0.25) is 0 Å². The van der Waals surface area contributed by atoms with E-state index in [0.717, 1.165) is 43.6 Å². The maximum Gasteiger partial charge on any atom is 0.165 e. The van der Waals surface area contributed by atoms with Crippen LogP contribution in [0.25, 0.3) is 11.1 Å². The van der Waals surface area contributed by atoms with Crippen molar-refractivity contribution in [3.05, 3.63) is 41.7 Å². The maximum absolute atomic E-state index is 13.9. The highest BCUT2D eigenvalue weighted by Gasteiger charge is 2.21. The van der Waals surface area contributed by atoms with Gasteiger partial charge in [0, 0.05) is 37.5 Å². The number of benzene rings is 2. The molecule has 2 aromatic carbocycles. The summed E-state index contributed by atoms with van der Waals surface area (Å²) in [5.41, 5.74) is 2.74. The smallest absolute Gasteiger partial charge is 0.165 e. The van der Waals surface area contributed by atoms with Crippen LogP contribution in [0.4, 0.5) is 10.1 Å². The number of hydrogen-bond donors (Lipinski definition) is 4. The lowest BCUT2D eigenvalue weighted by molar-refractivity contribution is 0.0343. The zero-order valence-corrected chi connectivity index (χ0v) is 16.2. The van der Waals surface area contributed by atoms with E-state index in [4.69, 9.17) is 14.9 Å². The molecule has 2 fully saturated rings. The third kappa shape index (κ3) is 4.52. The van der Waals surface area contributed by atoms with Gasteiger partial charge >= 0.3 is 0 Å². The van der Waals surface area contributed by atoms with Gasteiger partial charge in [0.2, 0.25) is 0 Å². The zero-order valence-electron chi connectivity index (χ0n) is 16.2. The number of anilines is 1. The van der Waals surface area contributed by atoms with Gasteiger partial charge in [-0.15, -0.1) is 0 Å². The molecule has 1 atom stereocenters. The molecule has 7 heteroatoms. The van der Waals surface area contributed by atoms with E-state index in [1.165, 1.54) is 18.3 Å². The van der Waals surface area contributed by atoms with Crippen molar-refractivity contribution in [3.8, 4) is 22.6 Å². The van der Waals surface area contributed by atoms with Crippen LogP contribution < -0.4 is 15.4 Å². The minimum Gasteiger partial charge on any atom is -0.505 e. The van der Waals surface area contributed by atoms with Crippen molar-refractivity contribution in [2.24, 2.45) is 5.92 Å². The second-order valence-electron chi connectivity index (χ2n) is 7.58. The van der Waals surface area contributed by atoms with Crippen LogP contribution in [0.1, 0.15) is 24.8 Å². The average Bonchev–Trinajstić information content (AvgIpc) is 2.69. The lowest BCUT2D eigenvalue weighted by atomic mass is 10.0. The molecule has 2 aliphatic rings. The Morgan fingerprint density at radius 2 is 2.10 bits per heavy atom. The first-order chi connectivity index (χ1) is 14.1. The second kappa shape index (κ2) is 8.80. The van der Waals surface area contributed by atoms with Crippen molar-refractivity contribution in [3.63, 3.8) is 0 Å². The van der Waals surface area contributed by atoms with E-state index in [1.807, 2.05) is 12.1 Å². The summed E-state index contributed by atoms with van der Waals surface area (Å²) in [6, 6.07) is 8.01. The topological polar surface area (TPSA) is 86.6 Å². The molecule has 2 aliphatic heterocycles. The van der Waals surface area contributed by atoms with Gasteiger partial charge in [-0.1, -0.05) is 6.07 Å². The number of rotatable bonds is 7. The number of hydrogen-bond acceptors (Lipinski definition) is 6. The predicted molar refractivity (Wildman–Crippen MR) is 110 cm³/mol. The molecule has 4 N–H and O–H groups in total. The summed E-state index contributed by atoms with van der Waals surface area (Å²) >= 11 is 0. The summed E-state index contributed by atoms with van der Waals surface area (Å²) in [6.07, 6.45) is 4.17. The van der Waals surface area contributed by atoms with E-state index in [2.05, 4.69) is 10.6 Å². The minimum absolute atomic E-state index is 0.127. The molecule has 0 bridgehead atoms. The molecule has 0 aliphatic carbocycles. The van der Waals surface area contributed by atoms with E-state index in [1.54, 1.807) is 6.07 Å². The standard InChI is InChI=1S/C22H26FN3O3/c23-18-7-15(4-5-20(18)27)16-8-19(26-22-3-1-2-6-28-22)17(10-24)21(9-16)29-13-14-11-25-12-14/h4-5,7-10,14,22,24-27H,1-3,6,11-13H2. The molecule has 2 aromatic rings. The van der Waals surface area contributed by atoms with Crippen molar-refractivity contribution < 1.29 is 19.0 Å². The molecule has 0 aromatic heterocycles. The Bertz CT molecular complexity index is 880. The lowest BCUT2D eigenvalue weighted by Crippen LogP contribution is -2.45. The number of nitrogens with one attached hydrogen (secondary N) is 3. The Morgan fingerprint density at radius 3 is 2.76 bits per heavy atom. The summed E-state index contributed by atoms with van der Waals surface area (Å²) in [4.78, 5) is 0. The molecule has 0 saturated carbocycles. The van der Waals surface area contributed by atoms with Crippen LogP contribution in [0.5, 0.6) is 11.5 Å². The number of phenols is 1. The Balaban J connectivity index is 1.69. The van der Waals surface area contributed by atoms with Crippen molar-refractivity contribution in [2.45, 2.75) is 25.5 Å². The fourth-order valence-electron chi connectivity index (χ4n) is 3.57. The van der Waals surface area contributed by atoms with Crippen LogP contribution in [0, 0.1) is 17.1 Å². The Morgan fingerprint density at radius 1 is 1.24 bits per heavy atom. The Hall–Kier alpha value is -2.64. The average molecular weight is 399 g/mol. The van der Waals surface area contributed by atoms with Crippen molar-refractivity contribution in [2.75, 3.05) is 31.6 Å². The van der Waals surface area contributed by atoms with Gasteiger partial charge in [-0.3, -0.25) is 0 Å². The molecule has 0 spiro atoms. The molecule has 29 heavy (non-hydrogen) atoms. The Kier molecular flexibility index (Phi) is 5.97. The number of aromatic hydroxyl groups is 1. The van der Waals surface area contributed by atoms with Crippen molar-refractivity contribution >= 4 is 11.9 Å². The number of halogens is 1. The molecule has 154 valence electrons. The van der Waals surface area contributed by atoms with Gasteiger partial charge in [0.25, 0.3) is 0 Å². The van der Waals surface area contributed by atoms with Gasteiger partial charge < -0.3 is 30.6 Å². The second-order valence-corrected chi connectivity index (χ2v) is 7.58. The highest BCUT2D eigenvalue weighted by molar-refractivity contribution is 5.92. The molecule has 6 nitrogen and oxygen atoms in total. The van der Waals surface area contributed by atoms with E-state index in [9.17, 15) is 9.50 Å². The maximum atomic E-state index is 13.9. The summed E-state index contributed by atoms with van der Waals surface area (Å²) in [6.45, 7) is 3.10. The SMILES string of the molecule is N=Cc1c(NC2CCCCO2)cc(-c2ccc(O)c(F)c2)cc1OCC1CNC1. The third-order valence-electron chi connectivity index (χ3n) is 5.40. The summed E-state index contributed by atoms with van der Waals surface area (Å²) in [5, 5.41) is 24.1. The molecule has 2 saturated heterocycles. The van der Waals surface area contributed by atoms with Crippen LogP contribution in [-0.2, 0) is 4.74 Å². The van der Waals surface area contributed by atoms with Gasteiger partial charge in [0.05, 0.1) is 12.2 Å². The molecule has 0 radical (unpaired) electrons. The fourth-order valence-corrected chi connectivity index (χ4v) is 3.57. The summed E-state index contributed by atoms with van der Waals surface area (Å²) in [5.74, 6) is -0.0304. The van der Waals surface area contributed by atoms with E-state index < -0.39 is 5.82 Å². The van der Waals surface area contributed by atoms with Crippen LogP contribution in [0.15, 0.2) is 30.3 Å². The zero-order chi connectivity index (χ0) is 20.2. The van der Waals surface area contributed by atoms with Crippen molar-refractivity contribution in [1.29, 1.82) is 5.41 Å². The van der Waals surface area contributed by atoms with Gasteiger partial charge in [0.1, 0.15) is 12.0 Å². The highest BCUT2D eigenvalue weighted by atomic mass is 19.1. The summed E-state index contributed by atoms with van der Waals surface area (Å²) in [7, 11) is 0. The molecular formula is C22H26FN3O3. The van der Waals surface area contributed by atoms with Gasteiger partial charge in [-0.2, -0.15) is 0 Å². The van der Waals surface area contributed by atoms with Crippen LogP contribution >= 0.6 is 0 Å². The van der Waals surface area contributed by atoms with E-state index in [-0.39, 0.29) is 12.0 Å². The first kappa shape index (κ1) is 19.7. The fraction of sp³-hybridized carbons (Fsp3) is 0.409. The highest BCUT2D eigenvalue weighted by Crippen LogP contribution is 2.35. The molecule has 0 amide bonds. The Labute approximate surface area is 169 Å². The first-order valence-corrected chi connectivity index (χ1v) is 10.0. The quantitative estimate of drug-likeness (QED) is 0.533.